The Hall–Kier alpha value is -3.56. The number of aromatic carboxylic acids is 1. The van der Waals surface area contributed by atoms with Crippen LogP contribution in [-0.4, -0.2) is 57.1 Å². The number of carbonyl (C=O) groups excluding carboxylic acids is 1. The Morgan fingerprint density at radius 2 is 2.00 bits per heavy atom. The fourth-order valence-corrected chi connectivity index (χ4v) is 4.62. The van der Waals surface area contributed by atoms with E-state index in [0.29, 0.717) is 5.13 Å². The van der Waals surface area contributed by atoms with Gasteiger partial charge in [0, 0.05) is 18.0 Å². The molecule has 0 aliphatic heterocycles. The van der Waals surface area contributed by atoms with Gasteiger partial charge in [0.1, 0.15) is 0 Å². The van der Waals surface area contributed by atoms with E-state index < -0.39 is 11.9 Å². The van der Waals surface area contributed by atoms with E-state index in [0.717, 1.165) is 35.2 Å². The summed E-state index contributed by atoms with van der Waals surface area (Å²) in [6.07, 6.45) is 7.63. The fraction of sp³-hybridized carbons (Fsp3) is 0.250. The number of anilines is 1. The highest BCUT2D eigenvalue weighted by Crippen LogP contribution is 2.31. The molecule has 2 aromatic heterocycles. The Morgan fingerprint density at radius 1 is 1.18 bits per heavy atom. The van der Waals surface area contributed by atoms with Crippen LogP contribution in [0, 0.1) is 0 Å². The van der Waals surface area contributed by atoms with Crippen molar-refractivity contribution in [3.63, 3.8) is 0 Å². The number of aromatic nitrogens is 3. The molecule has 0 fully saturated rings. The third-order valence-electron chi connectivity index (χ3n) is 5.36. The molecule has 0 aliphatic rings. The molecule has 9 heteroatoms. The van der Waals surface area contributed by atoms with Crippen molar-refractivity contribution in [2.24, 2.45) is 0 Å². The van der Waals surface area contributed by atoms with Crippen molar-refractivity contribution < 1.29 is 14.7 Å². The summed E-state index contributed by atoms with van der Waals surface area (Å²) in [4.78, 5) is 34.7. The molecule has 2 N–H and O–H groups in total. The van der Waals surface area contributed by atoms with Crippen molar-refractivity contribution in [1.29, 1.82) is 0 Å². The van der Waals surface area contributed by atoms with Gasteiger partial charge in [-0.3, -0.25) is 10.1 Å². The Balaban J connectivity index is 1.55. The molecule has 1 unspecified atom stereocenters. The molecule has 0 aliphatic carbocycles. The van der Waals surface area contributed by atoms with Gasteiger partial charge in [0.15, 0.2) is 5.13 Å². The Labute approximate surface area is 195 Å². The number of carboxylic acids is 1. The average molecular weight is 464 g/mol. The van der Waals surface area contributed by atoms with Gasteiger partial charge in [0.25, 0.3) is 5.91 Å². The van der Waals surface area contributed by atoms with Gasteiger partial charge in [-0.05, 0) is 69.4 Å². The highest BCUT2D eigenvalue weighted by Gasteiger charge is 2.16. The predicted molar refractivity (Wildman–Crippen MR) is 129 cm³/mol. The van der Waals surface area contributed by atoms with Crippen molar-refractivity contribution in [3.05, 3.63) is 77.9 Å². The zero-order valence-corrected chi connectivity index (χ0v) is 19.2. The lowest BCUT2D eigenvalue weighted by Crippen LogP contribution is -2.16. The van der Waals surface area contributed by atoms with E-state index in [1.165, 1.54) is 23.5 Å². The van der Waals surface area contributed by atoms with Gasteiger partial charge in [-0.1, -0.05) is 23.5 Å². The molecule has 2 heterocycles. The molecule has 1 atom stereocenters. The summed E-state index contributed by atoms with van der Waals surface area (Å²) >= 11 is 1.40. The molecule has 8 nitrogen and oxygen atoms in total. The summed E-state index contributed by atoms with van der Waals surface area (Å²) in [6, 6.07) is 12.3. The van der Waals surface area contributed by atoms with E-state index in [2.05, 4.69) is 51.0 Å². The number of hydrogen-bond acceptors (Lipinski definition) is 6. The van der Waals surface area contributed by atoms with Crippen LogP contribution in [0.15, 0.2) is 61.2 Å². The number of carboxylic acid groups (broad SMARTS) is 1. The van der Waals surface area contributed by atoms with Crippen molar-refractivity contribution in [2.75, 3.05) is 26.0 Å². The van der Waals surface area contributed by atoms with Gasteiger partial charge in [-0.2, -0.15) is 0 Å². The monoisotopic (exact) mass is 463 g/mol. The van der Waals surface area contributed by atoms with E-state index in [1.54, 1.807) is 18.3 Å². The zero-order valence-electron chi connectivity index (χ0n) is 18.4. The van der Waals surface area contributed by atoms with Crippen LogP contribution in [0.5, 0.6) is 0 Å². The first-order valence-electron chi connectivity index (χ1n) is 10.6. The highest BCUT2D eigenvalue weighted by atomic mass is 32.1. The third-order valence-corrected chi connectivity index (χ3v) is 6.29. The predicted octanol–water partition coefficient (Wildman–Crippen LogP) is 4.37. The maximum Gasteiger partial charge on any atom is 0.335 e. The summed E-state index contributed by atoms with van der Waals surface area (Å²) in [6.45, 7) is 1.01. The van der Waals surface area contributed by atoms with Gasteiger partial charge < -0.3 is 14.6 Å². The molecule has 4 aromatic rings. The number of fused-ring (bicyclic) bond motifs is 1. The van der Waals surface area contributed by atoms with E-state index in [4.69, 9.17) is 5.11 Å². The second kappa shape index (κ2) is 9.93. The molecule has 4 rings (SSSR count). The molecule has 0 radical (unpaired) electrons. The number of hydrogen-bond donors (Lipinski definition) is 2. The number of amides is 1. The topological polar surface area (TPSA) is 100 Å². The van der Waals surface area contributed by atoms with Crippen LogP contribution < -0.4 is 5.32 Å². The van der Waals surface area contributed by atoms with Gasteiger partial charge in [-0.25, -0.2) is 14.8 Å². The molecular weight excluding hydrogens is 438 g/mol. The number of carbonyl (C=O) groups is 2. The van der Waals surface area contributed by atoms with Crippen molar-refractivity contribution in [2.45, 2.75) is 18.9 Å². The fourth-order valence-electron chi connectivity index (χ4n) is 3.71. The molecule has 170 valence electrons. The normalized spacial score (nSPS) is 12.2. The van der Waals surface area contributed by atoms with E-state index in [1.807, 2.05) is 18.6 Å². The first kappa shape index (κ1) is 22.6. The lowest BCUT2D eigenvalue weighted by Gasteiger charge is -2.20. The average Bonchev–Trinajstić information content (AvgIpc) is 3.46. The van der Waals surface area contributed by atoms with E-state index in [-0.39, 0.29) is 17.2 Å². The van der Waals surface area contributed by atoms with Crippen LogP contribution in [0.3, 0.4) is 0 Å². The van der Waals surface area contributed by atoms with Crippen LogP contribution in [0.1, 0.15) is 45.2 Å². The lowest BCUT2D eigenvalue weighted by molar-refractivity contribution is 0.0697. The Bertz CT molecular complexity index is 1270. The van der Waals surface area contributed by atoms with Crippen LogP contribution in [0.25, 0.3) is 10.2 Å². The van der Waals surface area contributed by atoms with Gasteiger partial charge in [0.2, 0.25) is 0 Å². The molecule has 0 spiro atoms. The smallest absolute Gasteiger partial charge is 0.335 e. The van der Waals surface area contributed by atoms with Crippen molar-refractivity contribution in [3.8, 4) is 0 Å². The Kier molecular flexibility index (Phi) is 6.81. The minimum atomic E-state index is -1.07. The third kappa shape index (κ3) is 5.44. The van der Waals surface area contributed by atoms with Crippen LogP contribution in [-0.2, 0) is 0 Å². The second-order valence-corrected chi connectivity index (χ2v) is 9.09. The maximum atomic E-state index is 12.6. The number of nitrogens with one attached hydrogen (secondary N) is 1. The lowest BCUT2D eigenvalue weighted by atomic mass is 10.0. The summed E-state index contributed by atoms with van der Waals surface area (Å²) in [5.74, 6) is -1.47. The van der Waals surface area contributed by atoms with Gasteiger partial charge in [0.05, 0.1) is 28.1 Å². The number of imidazole rings is 1. The highest BCUT2D eigenvalue weighted by molar-refractivity contribution is 7.22. The zero-order chi connectivity index (χ0) is 23.4. The van der Waals surface area contributed by atoms with Crippen LogP contribution >= 0.6 is 11.3 Å². The van der Waals surface area contributed by atoms with Crippen LogP contribution in [0.2, 0.25) is 0 Å². The number of benzene rings is 2. The molecule has 0 bridgehead atoms. The van der Waals surface area contributed by atoms with Crippen molar-refractivity contribution >= 4 is 38.6 Å². The standard InChI is InChI=1S/C24H25N5O3S/c1-28(2)11-4-7-20(29-12-10-25-15-29)16-8-9-19-21(14-16)33-24(26-19)27-22(30)17-5-3-6-18(13-17)23(31)32/h3,5-6,8-10,12-15,20H,4,7,11H2,1-2H3,(H,31,32)(H,26,27,30). The number of rotatable bonds is 9. The van der Waals surface area contributed by atoms with Gasteiger partial charge in [-0.15, -0.1) is 0 Å². The summed E-state index contributed by atoms with van der Waals surface area (Å²) in [5, 5.41) is 12.4. The summed E-state index contributed by atoms with van der Waals surface area (Å²) in [5.41, 5.74) is 2.30. The first-order valence-corrected chi connectivity index (χ1v) is 11.4. The molecule has 1 amide bonds. The molecular formula is C24H25N5O3S. The summed E-state index contributed by atoms with van der Waals surface area (Å²) < 4.78 is 3.09. The first-order chi connectivity index (χ1) is 15.9. The van der Waals surface area contributed by atoms with E-state index >= 15 is 0 Å². The molecule has 2 aromatic carbocycles. The second-order valence-electron chi connectivity index (χ2n) is 8.06. The number of thiazole rings is 1. The maximum absolute atomic E-state index is 12.6. The van der Waals surface area contributed by atoms with Crippen molar-refractivity contribution in [1.82, 2.24) is 19.4 Å². The molecule has 33 heavy (non-hydrogen) atoms. The number of nitrogens with zero attached hydrogens (tertiary/aromatic N) is 4. The van der Waals surface area contributed by atoms with Crippen LogP contribution in [0.4, 0.5) is 5.13 Å². The largest absolute Gasteiger partial charge is 0.478 e. The minimum Gasteiger partial charge on any atom is -0.478 e. The molecule has 0 saturated carbocycles. The van der Waals surface area contributed by atoms with E-state index in [9.17, 15) is 9.59 Å². The van der Waals surface area contributed by atoms with Gasteiger partial charge >= 0.3 is 5.97 Å². The Morgan fingerprint density at radius 3 is 2.73 bits per heavy atom. The molecule has 0 saturated heterocycles. The quantitative estimate of drug-likeness (QED) is 0.382. The minimum absolute atomic E-state index is 0.0661. The SMILES string of the molecule is CN(C)CCCC(c1ccc2nc(NC(=O)c3cccc(C(=O)O)c3)sc2c1)n1ccnc1. The summed E-state index contributed by atoms with van der Waals surface area (Å²) in [7, 11) is 4.15.